The Morgan fingerprint density at radius 1 is 1.35 bits per heavy atom. The number of ether oxygens (including phenoxy) is 1. The van der Waals surface area contributed by atoms with Gasteiger partial charge in [0, 0.05) is 18.2 Å². The molecule has 0 aliphatic carbocycles. The van der Waals surface area contributed by atoms with E-state index in [4.69, 9.17) is 10.5 Å². The number of carbonyl (C=O) groups is 1. The van der Waals surface area contributed by atoms with Crippen molar-refractivity contribution in [3.8, 4) is 5.75 Å². The Bertz CT molecular complexity index is 377. The van der Waals surface area contributed by atoms with Gasteiger partial charge in [0.1, 0.15) is 5.75 Å². The summed E-state index contributed by atoms with van der Waals surface area (Å²) in [6.07, 6.45) is -0.616. The van der Waals surface area contributed by atoms with Gasteiger partial charge in [-0.2, -0.15) is 0 Å². The lowest BCUT2D eigenvalue weighted by atomic mass is 10.2. The molecule has 0 bridgehead atoms. The Morgan fingerprint density at radius 3 is 2.59 bits per heavy atom. The minimum absolute atomic E-state index is 0.400. The minimum atomic E-state index is -0.616. The Morgan fingerprint density at radius 2 is 2.00 bits per heavy atom. The maximum absolute atomic E-state index is 11.0. The average Bonchev–Trinajstić information content (AvgIpc) is 2.27. The largest absolute Gasteiger partial charge is 0.481 e. The van der Waals surface area contributed by atoms with Gasteiger partial charge in [-0.15, -0.1) is 0 Å². The highest BCUT2D eigenvalue weighted by molar-refractivity contribution is 5.78. The van der Waals surface area contributed by atoms with Gasteiger partial charge in [-0.3, -0.25) is 4.79 Å². The fourth-order valence-electron chi connectivity index (χ4n) is 1.33. The molecule has 1 aromatic rings. The van der Waals surface area contributed by atoms with Crippen LogP contribution in [-0.4, -0.2) is 18.1 Å². The summed E-state index contributed by atoms with van der Waals surface area (Å²) in [6.45, 7) is 6.51. The summed E-state index contributed by atoms with van der Waals surface area (Å²) < 4.78 is 5.52. The molecule has 0 saturated carbocycles. The highest BCUT2D eigenvalue weighted by Crippen LogP contribution is 2.19. The van der Waals surface area contributed by atoms with E-state index in [1.165, 1.54) is 0 Å². The number of nitrogens with one attached hydrogen (secondary N) is 1. The van der Waals surface area contributed by atoms with Crippen LogP contribution in [0.1, 0.15) is 26.3 Å². The standard InChI is InChI=1S/C13H20N2O2/c1-9(2)15-8-11-6-4-5-7-12(11)17-10(3)13(14)16/h4-7,9-10,15H,8H2,1-3H3,(H2,14,16). The van der Waals surface area contributed by atoms with Crippen LogP contribution in [-0.2, 0) is 11.3 Å². The van der Waals surface area contributed by atoms with Gasteiger partial charge in [-0.05, 0) is 13.0 Å². The van der Waals surface area contributed by atoms with Crippen molar-refractivity contribution >= 4 is 5.91 Å². The molecule has 0 aliphatic heterocycles. The van der Waals surface area contributed by atoms with Crippen molar-refractivity contribution in [2.45, 2.75) is 39.5 Å². The third-order valence-corrected chi connectivity index (χ3v) is 2.38. The molecule has 1 amide bonds. The second-order valence-electron chi connectivity index (χ2n) is 4.31. The van der Waals surface area contributed by atoms with Crippen LogP contribution in [0.3, 0.4) is 0 Å². The number of rotatable bonds is 6. The molecule has 3 N–H and O–H groups in total. The van der Waals surface area contributed by atoms with Crippen molar-refractivity contribution in [3.05, 3.63) is 29.8 Å². The van der Waals surface area contributed by atoms with Crippen molar-refractivity contribution in [2.24, 2.45) is 5.73 Å². The van der Waals surface area contributed by atoms with Crippen LogP contribution >= 0.6 is 0 Å². The molecule has 1 atom stereocenters. The van der Waals surface area contributed by atoms with Gasteiger partial charge in [0.2, 0.25) is 0 Å². The Balaban J connectivity index is 2.73. The highest BCUT2D eigenvalue weighted by Gasteiger charge is 2.12. The van der Waals surface area contributed by atoms with Gasteiger partial charge in [-0.25, -0.2) is 0 Å². The average molecular weight is 236 g/mol. The first-order valence-electron chi connectivity index (χ1n) is 5.78. The number of nitrogens with two attached hydrogens (primary N) is 1. The topological polar surface area (TPSA) is 64.3 Å². The number of benzene rings is 1. The summed E-state index contributed by atoms with van der Waals surface area (Å²) in [5, 5.41) is 3.31. The predicted octanol–water partition coefficient (Wildman–Crippen LogP) is 1.44. The van der Waals surface area contributed by atoms with E-state index in [1.807, 2.05) is 24.3 Å². The van der Waals surface area contributed by atoms with Gasteiger partial charge < -0.3 is 15.8 Å². The summed E-state index contributed by atoms with van der Waals surface area (Å²) in [5.74, 6) is 0.239. The van der Waals surface area contributed by atoms with E-state index < -0.39 is 12.0 Å². The Labute approximate surface area is 102 Å². The first-order chi connectivity index (χ1) is 8.00. The van der Waals surface area contributed by atoms with Crippen molar-refractivity contribution in [3.63, 3.8) is 0 Å². The maximum Gasteiger partial charge on any atom is 0.258 e. The number of hydrogen-bond donors (Lipinski definition) is 2. The number of para-hydroxylation sites is 1. The lowest BCUT2D eigenvalue weighted by Crippen LogP contribution is -2.31. The van der Waals surface area contributed by atoms with Crippen molar-refractivity contribution in [2.75, 3.05) is 0 Å². The maximum atomic E-state index is 11.0. The van der Waals surface area contributed by atoms with E-state index in [2.05, 4.69) is 19.2 Å². The second kappa shape index (κ2) is 6.25. The summed E-state index contributed by atoms with van der Waals surface area (Å²) >= 11 is 0. The molecule has 0 heterocycles. The summed E-state index contributed by atoms with van der Waals surface area (Å²) in [4.78, 5) is 11.0. The molecule has 1 rings (SSSR count). The SMILES string of the molecule is CC(C)NCc1ccccc1OC(C)C(N)=O. The molecule has 1 unspecified atom stereocenters. The number of amides is 1. The van der Waals surface area contributed by atoms with E-state index in [1.54, 1.807) is 6.92 Å². The molecule has 0 spiro atoms. The van der Waals surface area contributed by atoms with Crippen molar-refractivity contribution in [1.29, 1.82) is 0 Å². The van der Waals surface area contributed by atoms with Crippen LogP contribution in [0, 0.1) is 0 Å². The molecule has 1 aromatic carbocycles. The molecule has 94 valence electrons. The first kappa shape index (κ1) is 13.5. The normalized spacial score (nSPS) is 12.5. The third-order valence-electron chi connectivity index (χ3n) is 2.38. The predicted molar refractivity (Wildman–Crippen MR) is 67.7 cm³/mol. The van der Waals surface area contributed by atoms with Crippen molar-refractivity contribution in [1.82, 2.24) is 5.32 Å². The molecule has 0 radical (unpaired) electrons. The lowest BCUT2D eigenvalue weighted by molar-refractivity contribution is -0.124. The van der Waals surface area contributed by atoms with Crippen LogP contribution in [0.5, 0.6) is 5.75 Å². The van der Waals surface area contributed by atoms with E-state index in [0.717, 1.165) is 5.56 Å². The molecule has 0 saturated heterocycles. The smallest absolute Gasteiger partial charge is 0.258 e. The van der Waals surface area contributed by atoms with Gasteiger partial charge in [-0.1, -0.05) is 32.0 Å². The number of primary amides is 1. The van der Waals surface area contributed by atoms with Crippen molar-refractivity contribution < 1.29 is 9.53 Å². The fourth-order valence-corrected chi connectivity index (χ4v) is 1.33. The van der Waals surface area contributed by atoms with Crippen LogP contribution in [0.15, 0.2) is 24.3 Å². The molecule has 4 nitrogen and oxygen atoms in total. The van der Waals surface area contributed by atoms with E-state index >= 15 is 0 Å². The molecular formula is C13H20N2O2. The zero-order chi connectivity index (χ0) is 12.8. The third kappa shape index (κ3) is 4.44. The molecule has 4 heteroatoms. The van der Waals surface area contributed by atoms with Gasteiger partial charge in [0.05, 0.1) is 0 Å². The molecule has 17 heavy (non-hydrogen) atoms. The van der Waals surface area contributed by atoms with Gasteiger partial charge in [0.15, 0.2) is 6.10 Å². The summed E-state index contributed by atoms with van der Waals surface area (Å²) in [5.41, 5.74) is 6.20. The number of hydrogen-bond acceptors (Lipinski definition) is 3. The monoisotopic (exact) mass is 236 g/mol. The summed E-state index contributed by atoms with van der Waals surface area (Å²) in [7, 11) is 0. The van der Waals surface area contributed by atoms with Crippen LogP contribution in [0.2, 0.25) is 0 Å². The molecular weight excluding hydrogens is 216 g/mol. The Kier molecular flexibility index (Phi) is 4.97. The zero-order valence-corrected chi connectivity index (χ0v) is 10.6. The number of carbonyl (C=O) groups excluding carboxylic acids is 1. The highest BCUT2D eigenvalue weighted by atomic mass is 16.5. The Hall–Kier alpha value is -1.55. The van der Waals surface area contributed by atoms with Gasteiger partial charge >= 0.3 is 0 Å². The van der Waals surface area contributed by atoms with Gasteiger partial charge in [0.25, 0.3) is 5.91 Å². The second-order valence-corrected chi connectivity index (χ2v) is 4.31. The molecule has 0 aliphatic rings. The zero-order valence-electron chi connectivity index (χ0n) is 10.6. The van der Waals surface area contributed by atoms with E-state index in [0.29, 0.717) is 18.3 Å². The minimum Gasteiger partial charge on any atom is -0.481 e. The van der Waals surface area contributed by atoms with Crippen LogP contribution < -0.4 is 15.8 Å². The quantitative estimate of drug-likeness (QED) is 0.785. The molecule has 0 fully saturated rings. The van der Waals surface area contributed by atoms with Crippen LogP contribution in [0.25, 0.3) is 0 Å². The molecule has 0 aromatic heterocycles. The van der Waals surface area contributed by atoms with E-state index in [-0.39, 0.29) is 0 Å². The first-order valence-corrected chi connectivity index (χ1v) is 5.78. The fraction of sp³-hybridized carbons (Fsp3) is 0.462. The van der Waals surface area contributed by atoms with Crippen LogP contribution in [0.4, 0.5) is 0 Å². The lowest BCUT2D eigenvalue weighted by Gasteiger charge is -2.16. The summed E-state index contributed by atoms with van der Waals surface area (Å²) in [6, 6.07) is 8.03. The van der Waals surface area contributed by atoms with E-state index in [9.17, 15) is 4.79 Å².